The average molecular weight is 282 g/mol. The van der Waals surface area contributed by atoms with Gasteiger partial charge in [0.05, 0.1) is 4.92 Å². The largest absolute Gasteiger partial charge is 0.400 e. The minimum atomic E-state index is -0.357. The van der Waals surface area contributed by atoms with Gasteiger partial charge in [-0.1, -0.05) is 26.0 Å². The first-order chi connectivity index (χ1) is 9.60. The molecule has 114 valence electrons. The van der Waals surface area contributed by atoms with E-state index < -0.39 is 0 Å². The molecule has 1 N–H and O–H groups in total. The predicted octanol–water partition coefficient (Wildman–Crippen LogP) is 3.39. The van der Waals surface area contributed by atoms with Crippen molar-refractivity contribution in [2.24, 2.45) is 0 Å². The summed E-state index contributed by atoms with van der Waals surface area (Å²) in [6.45, 7) is 8.63. The predicted molar refractivity (Wildman–Crippen MR) is 81.8 cm³/mol. The summed E-state index contributed by atoms with van der Waals surface area (Å²) in [5, 5.41) is 17.6. The molecule has 1 unspecified atom stereocenters. The number of hydrogen-bond acceptors (Lipinski definition) is 4. The highest BCUT2D eigenvalue weighted by molar-refractivity contribution is 5.34. The highest BCUT2D eigenvalue weighted by atomic mass is 16.6. The zero-order valence-electron chi connectivity index (χ0n) is 12.9. The van der Waals surface area contributed by atoms with Crippen molar-refractivity contribution in [1.82, 2.24) is 4.90 Å². The Labute approximate surface area is 121 Å². The maximum absolute atomic E-state index is 10.6. The smallest absolute Gasteiger partial charge is 0.269 e. The van der Waals surface area contributed by atoms with Crippen LogP contribution < -0.4 is 0 Å². The van der Waals surface area contributed by atoms with E-state index in [1.807, 2.05) is 12.1 Å². The van der Waals surface area contributed by atoms with Crippen LogP contribution in [0.25, 0.3) is 0 Å². The molecule has 0 saturated carbocycles. The number of aliphatic hydroxyl groups is 1. The minimum absolute atomic E-state index is 0.156. The second-order valence-corrected chi connectivity index (χ2v) is 4.56. The Kier molecular flexibility index (Phi) is 9.59. The fourth-order valence-electron chi connectivity index (χ4n) is 2.16. The average Bonchev–Trinajstić information content (AvgIpc) is 2.48. The van der Waals surface area contributed by atoms with E-state index in [4.69, 9.17) is 5.11 Å². The van der Waals surface area contributed by atoms with Gasteiger partial charge < -0.3 is 5.11 Å². The van der Waals surface area contributed by atoms with Gasteiger partial charge >= 0.3 is 0 Å². The molecule has 0 aliphatic rings. The molecule has 0 spiro atoms. The third-order valence-corrected chi connectivity index (χ3v) is 3.16. The summed E-state index contributed by atoms with van der Waals surface area (Å²) in [5.41, 5.74) is 1.30. The van der Waals surface area contributed by atoms with Gasteiger partial charge in [0.2, 0.25) is 0 Å². The Bertz CT molecular complexity index is 373. The van der Waals surface area contributed by atoms with Crippen LogP contribution in [-0.4, -0.2) is 35.1 Å². The van der Waals surface area contributed by atoms with Crippen molar-refractivity contribution < 1.29 is 10.0 Å². The van der Waals surface area contributed by atoms with Crippen LogP contribution in [0, 0.1) is 10.1 Å². The normalized spacial score (nSPS) is 11.7. The van der Waals surface area contributed by atoms with Gasteiger partial charge in [-0.15, -0.1) is 0 Å². The first kappa shape index (κ1) is 18.5. The molecule has 0 fully saturated rings. The Morgan fingerprint density at radius 1 is 1.15 bits per heavy atom. The van der Waals surface area contributed by atoms with Gasteiger partial charge in [0, 0.05) is 25.3 Å². The lowest BCUT2D eigenvalue weighted by molar-refractivity contribution is -0.384. The standard InChI is InChI=1S/C14H22N2O2.CH4O/c1-4-10-15(11-5-2)12(3)13-6-8-14(9-7-13)16(17)18;1-2/h6-9,12H,4-5,10-11H2,1-3H3;2H,1H3. The lowest BCUT2D eigenvalue weighted by atomic mass is 10.1. The fourth-order valence-corrected chi connectivity index (χ4v) is 2.16. The molecule has 0 amide bonds. The highest BCUT2D eigenvalue weighted by Gasteiger charge is 2.15. The first-order valence-electron chi connectivity index (χ1n) is 7.03. The monoisotopic (exact) mass is 282 g/mol. The molecule has 0 saturated heterocycles. The first-order valence-corrected chi connectivity index (χ1v) is 7.03. The summed E-state index contributed by atoms with van der Waals surface area (Å²) >= 11 is 0. The zero-order valence-corrected chi connectivity index (χ0v) is 12.9. The van der Waals surface area contributed by atoms with Crippen LogP contribution in [0.5, 0.6) is 0 Å². The lowest BCUT2D eigenvalue weighted by Crippen LogP contribution is -2.28. The SMILES string of the molecule is CCCN(CCC)C(C)c1ccc([N+](=O)[O-])cc1.CO. The van der Waals surface area contributed by atoms with Crippen LogP contribution >= 0.6 is 0 Å². The van der Waals surface area contributed by atoms with E-state index >= 15 is 0 Å². The molecule has 0 aromatic heterocycles. The highest BCUT2D eigenvalue weighted by Crippen LogP contribution is 2.23. The molecule has 5 heteroatoms. The molecule has 1 atom stereocenters. The van der Waals surface area contributed by atoms with Crippen LogP contribution in [-0.2, 0) is 0 Å². The molecule has 0 aliphatic heterocycles. The van der Waals surface area contributed by atoms with Crippen LogP contribution in [0.2, 0.25) is 0 Å². The number of nitro groups is 1. The fraction of sp³-hybridized carbons (Fsp3) is 0.600. The molecular weight excluding hydrogens is 256 g/mol. The second kappa shape index (κ2) is 10.3. The quantitative estimate of drug-likeness (QED) is 0.615. The van der Waals surface area contributed by atoms with Crippen LogP contribution in [0.3, 0.4) is 0 Å². The van der Waals surface area contributed by atoms with Crippen molar-refractivity contribution in [2.75, 3.05) is 20.2 Å². The van der Waals surface area contributed by atoms with Crippen LogP contribution in [0.15, 0.2) is 24.3 Å². The Balaban J connectivity index is 0.00000172. The maximum Gasteiger partial charge on any atom is 0.269 e. The van der Waals surface area contributed by atoms with Gasteiger partial charge in [0.15, 0.2) is 0 Å². The number of benzene rings is 1. The summed E-state index contributed by atoms with van der Waals surface area (Å²) in [5.74, 6) is 0. The molecule has 0 aliphatic carbocycles. The van der Waals surface area contributed by atoms with Gasteiger partial charge in [-0.05, 0) is 38.4 Å². The third-order valence-electron chi connectivity index (χ3n) is 3.16. The molecule has 20 heavy (non-hydrogen) atoms. The molecule has 1 aromatic carbocycles. The van der Waals surface area contributed by atoms with E-state index in [-0.39, 0.29) is 10.6 Å². The maximum atomic E-state index is 10.6. The number of nitro benzene ring substituents is 1. The lowest BCUT2D eigenvalue weighted by Gasteiger charge is -2.28. The Morgan fingerprint density at radius 2 is 1.60 bits per heavy atom. The van der Waals surface area contributed by atoms with Crippen molar-refractivity contribution in [1.29, 1.82) is 0 Å². The van der Waals surface area contributed by atoms with Crippen molar-refractivity contribution in [2.45, 2.75) is 39.7 Å². The number of non-ortho nitro benzene ring substituents is 1. The molecule has 5 nitrogen and oxygen atoms in total. The summed E-state index contributed by atoms with van der Waals surface area (Å²) < 4.78 is 0. The minimum Gasteiger partial charge on any atom is -0.400 e. The van der Waals surface area contributed by atoms with Crippen LogP contribution in [0.1, 0.15) is 45.2 Å². The number of aliphatic hydroxyl groups excluding tert-OH is 1. The Morgan fingerprint density at radius 3 is 1.95 bits per heavy atom. The zero-order chi connectivity index (χ0) is 15.5. The summed E-state index contributed by atoms with van der Waals surface area (Å²) in [6, 6.07) is 7.21. The molecule has 0 bridgehead atoms. The van der Waals surface area contributed by atoms with Crippen molar-refractivity contribution >= 4 is 5.69 Å². The molecule has 0 heterocycles. The summed E-state index contributed by atoms with van der Waals surface area (Å²) in [7, 11) is 1.00. The van der Waals surface area contributed by atoms with E-state index in [1.54, 1.807) is 12.1 Å². The van der Waals surface area contributed by atoms with E-state index in [9.17, 15) is 10.1 Å². The summed E-state index contributed by atoms with van der Waals surface area (Å²) in [6.07, 6.45) is 2.24. The van der Waals surface area contributed by atoms with Crippen molar-refractivity contribution in [3.05, 3.63) is 39.9 Å². The second-order valence-electron chi connectivity index (χ2n) is 4.56. The van der Waals surface area contributed by atoms with E-state index in [1.165, 1.54) is 0 Å². The van der Waals surface area contributed by atoms with E-state index in [2.05, 4.69) is 25.7 Å². The van der Waals surface area contributed by atoms with Crippen molar-refractivity contribution in [3.63, 3.8) is 0 Å². The van der Waals surface area contributed by atoms with Crippen molar-refractivity contribution in [3.8, 4) is 0 Å². The topological polar surface area (TPSA) is 66.6 Å². The molecule has 0 radical (unpaired) electrons. The number of hydrogen-bond donors (Lipinski definition) is 1. The number of rotatable bonds is 7. The third kappa shape index (κ3) is 5.67. The van der Waals surface area contributed by atoms with Gasteiger partial charge in [-0.25, -0.2) is 0 Å². The molecule has 1 aromatic rings. The molecular formula is C15H26N2O3. The van der Waals surface area contributed by atoms with Crippen LogP contribution in [0.4, 0.5) is 5.69 Å². The van der Waals surface area contributed by atoms with Gasteiger partial charge in [0.1, 0.15) is 0 Å². The molecule has 1 rings (SSSR count). The van der Waals surface area contributed by atoms with E-state index in [0.717, 1.165) is 38.6 Å². The van der Waals surface area contributed by atoms with Gasteiger partial charge in [-0.2, -0.15) is 0 Å². The summed E-state index contributed by atoms with van der Waals surface area (Å²) in [4.78, 5) is 12.7. The van der Waals surface area contributed by atoms with E-state index in [0.29, 0.717) is 6.04 Å². The Hall–Kier alpha value is -1.46. The number of nitrogens with zero attached hydrogens (tertiary/aromatic N) is 2. The van der Waals surface area contributed by atoms with Gasteiger partial charge in [-0.3, -0.25) is 15.0 Å². The van der Waals surface area contributed by atoms with Gasteiger partial charge in [0.25, 0.3) is 5.69 Å².